The highest BCUT2D eigenvalue weighted by Crippen LogP contribution is 2.37. The lowest BCUT2D eigenvalue weighted by Crippen LogP contribution is -2.29. The summed E-state index contributed by atoms with van der Waals surface area (Å²) in [6.07, 6.45) is 5.79. The lowest BCUT2D eigenvalue weighted by Gasteiger charge is -2.10. The molecule has 1 amide bonds. The van der Waals surface area contributed by atoms with E-state index < -0.39 is 7.12 Å². The van der Waals surface area contributed by atoms with Crippen molar-refractivity contribution in [3.63, 3.8) is 0 Å². The lowest BCUT2D eigenvalue weighted by molar-refractivity contribution is -0.114. The van der Waals surface area contributed by atoms with E-state index in [9.17, 15) is 15.0 Å². The Morgan fingerprint density at radius 2 is 0.878 bits per heavy atom. The minimum Gasteiger partial charge on any atom is -0.508 e. The molecule has 636 valence electrons. The van der Waals surface area contributed by atoms with Crippen LogP contribution < -0.4 is 10.8 Å². The van der Waals surface area contributed by atoms with Crippen molar-refractivity contribution in [3.05, 3.63) is 351 Å². The number of aromatic hydroxyl groups is 2. The molecule has 7 aromatic heterocycles. The number of hydrogen-bond donors (Lipinski definition) is 8. The maximum atomic E-state index is 10.8. The van der Waals surface area contributed by atoms with E-state index in [1.54, 1.807) is 48.5 Å². The second-order valence-electron chi connectivity index (χ2n) is 29.0. The molecule has 0 atom stereocenters. The first-order valence-electron chi connectivity index (χ1n) is 39.8. The number of aliphatic hydroxyl groups excluding tert-OH is 1. The normalized spacial score (nSPS) is 10.3. The van der Waals surface area contributed by atoms with Gasteiger partial charge in [-0.3, -0.25) is 24.1 Å². The van der Waals surface area contributed by atoms with Crippen LogP contribution in [0.2, 0.25) is 0 Å². The number of phenolic OH excluding ortho intramolecular Hbond substituents is 2. The quantitative estimate of drug-likeness (QED) is 0.0384. The topological polar surface area (TPSA) is 241 Å². The molecule has 0 fully saturated rings. The Morgan fingerprint density at radius 1 is 0.439 bits per heavy atom. The Balaban J connectivity index is 0.000000176. The summed E-state index contributed by atoms with van der Waals surface area (Å²) in [5.74, 6) is 2.21. The molecule has 7 heterocycles. The molecule has 0 saturated carbocycles. The molecule has 17 aromatic rings. The van der Waals surface area contributed by atoms with Gasteiger partial charge in [0.15, 0.2) is 0 Å². The standard InChI is InChI=1S/C18H13BrN2.C18H17BrN2.C18H14N2O.C11H12N2.C10H13NO2.C7H6Br2.C6H7BO2.C5H7BrN2.C3H7Br.C3H8O/c1-12-8-9-20-18(10-12)21-16-5-3-2-4-14(16)15-7-6-13(19)11-17(15)21;1-12-9-16(19)11-17(10-12)21-14(3)18(13(2)20-21)15-7-5-4-6-8-15;1-12-8-9-19-18(10-12)20-16-5-3-2-4-14(16)15-7-6-13(21)11-17(15)20;1-8-11(9(2)13-12-8)10-6-4-3-5-7-10;1-6-4-9(13)5-7(2)10(6)11-8(3)12;1-5-2-6(8)4-7(9)3-5;8-7(9)6-4-2-1-3-5-6;1-3-5(6)4(2)8-7-3;2*1-2-3-4/h2-11H,1H3;4-11H,1-3H3;2-11,21H,1H3;3-7H,1-2H3,(H,12,13);4-5,13H,1-3H3,(H,11,12);2-4H,1H3;1-5,8-9H;1-2H3,(H,7,8);2-3H2,1H3;4H,2-3H2,1H3. The van der Waals surface area contributed by atoms with Crippen molar-refractivity contribution in [2.75, 3.05) is 17.3 Å². The summed E-state index contributed by atoms with van der Waals surface area (Å²) in [6.45, 7) is 30.0. The van der Waals surface area contributed by atoms with Gasteiger partial charge in [-0.25, -0.2) is 14.6 Å². The van der Waals surface area contributed by atoms with Gasteiger partial charge in [0, 0.05) is 111 Å². The van der Waals surface area contributed by atoms with Crippen molar-refractivity contribution in [3.8, 4) is 51.1 Å². The fourth-order valence-corrected chi connectivity index (χ4v) is 15.8. The number of anilines is 1. The monoisotopic (exact) mass is 2030 g/mol. The van der Waals surface area contributed by atoms with E-state index in [1.165, 1.54) is 74.1 Å². The van der Waals surface area contributed by atoms with E-state index in [1.807, 2.05) is 132 Å². The zero-order valence-corrected chi connectivity index (χ0v) is 81.2. The summed E-state index contributed by atoms with van der Waals surface area (Å²) >= 11 is 20.5. The third-order valence-corrected chi connectivity index (χ3v) is 22.6. The zero-order valence-electron chi connectivity index (χ0n) is 71.7. The van der Waals surface area contributed by atoms with E-state index in [0.29, 0.717) is 12.1 Å². The number of H-pyrrole nitrogens is 2. The predicted molar refractivity (Wildman–Crippen MR) is 532 cm³/mol. The van der Waals surface area contributed by atoms with Gasteiger partial charge < -0.3 is 30.7 Å². The first-order chi connectivity index (χ1) is 58.9. The number of rotatable bonds is 9. The van der Waals surface area contributed by atoms with Crippen molar-refractivity contribution in [2.24, 2.45) is 0 Å². The van der Waals surface area contributed by atoms with Crippen molar-refractivity contribution < 1.29 is 30.2 Å². The third-order valence-electron chi connectivity index (χ3n) is 18.7. The number of fused-ring (bicyclic) bond motifs is 6. The van der Waals surface area contributed by atoms with Crippen LogP contribution in [0.5, 0.6) is 11.5 Å². The molecule has 0 unspecified atom stereocenters. The van der Waals surface area contributed by atoms with Crippen LogP contribution in [-0.4, -0.2) is 99.6 Å². The minimum absolute atomic E-state index is 0.100. The van der Waals surface area contributed by atoms with Crippen LogP contribution in [-0.2, 0) is 4.79 Å². The van der Waals surface area contributed by atoms with Gasteiger partial charge in [-0.2, -0.15) is 15.3 Å². The summed E-state index contributed by atoms with van der Waals surface area (Å²) in [6, 6.07) is 81.9. The summed E-state index contributed by atoms with van der Waals surface area (Å²) in [5, 5.41) is 71.4. The van der Waals surface area contributed by atoms with E-state index in [0.717, 1.165) is 130 Å². The molecule has 0 aliphatic carbocycles. The molecule has 0 bridgehead atoms. The number of aliphatic hydroxyl groups is 1. The molecule has 17 nitrogen and oxygen atoms in total. The number of halogens is 6. The molecule has 0 aliphatic rings. The Labute approximate surface area is 772 Å². The van der Waals surface area contributed by atoms with Gasteiger partial charge in [0.25, 0.3) is 0 Å². The number of para-hydroxylation sites is 2. The highest BCUT2D eigenvalue weighted by Gasteiger charge is 2.18. The number of nitrogens with one attached hydrogen (secondary N) is 3. The Kier molecular flexibility index (Phi) is 38.8. The number of aromatic amines is 2. The Hall–Kier alpha value is -10.4. The largest absolute Gasteiger partial charge is 0.508 e. The predicted octanol–water partition coefficient (Wildman–Crippen LogP) is 26.2. The number of aromatic nitrogens is 10. The maximum Gasteiger partial charge on any atom is 0.488 e. The fraction of sp³-hybridized carbons (Fsp3) is 0.192. The SMILES string of the molecule is CC(=O)Nc1c(C)cc(O)cc1C.CCCBr.CCCO.Cc1cc(Br)cc(-n2nc(C)c(-c3ccccc3)c2C)c1.Cc1cc(Br)cc(Br)c1.Cc1ccnc(-n2c3ccccc3c3ccc(Br)cc32)c1.Cc1ccnc(-n2c3ccccc3c3ccc(O)cc32)c1.Cc1n[nH]c(C)c1-c1ccccc1.Cc1n[nH]c(C)c1Br.OB(O)c1ccccc1. The number of phenols is 2. The summed E-state index contributed by atoms with van der Waals surface area (Å²) in [7, 11) is -1.34. The zero-order chi connectivity index (χ0) is 89.6. The molecule has 24 heteroatoms. The number of amides is 1. The molecule has 8 N–H and O–H groups in total. The average molecular weight is 2030 g/mol. The van der Waals surface area contributed by atoms with Crippen LogP contribution in [0.25, 0.3) is 83.2 Å². The summed E-state index contributed by atoms with van der Waals surface area (Å²) in [4.78, 5) is 19.9. The maximum absolute atomic E-state index is 10.8. The van der Waals surface area contributed by atoms with E-state index in [2.05, 4.69) is 322 Å². The van der Waals surface area contributed by atoms with E-state index >= 15 is 0 Å². The van der Waals surface area contributed by atoms with Gasteiger partial charge in [-0.1, -0.05) is 227 Å². The first kappa shape index (κ1) is 98.1. The number of nitrogens with zero attached hydrogens (tertiary/aromatic N) is 8. The van der Waals surface area contributed by atoms with Crippen molar-refractivity contribution in [1.82, 2.24) is 49.3 Å². The van der Waals surface area contributed by atoms with Gasteiger partial charge in [0.2, 0.25) is 5.91 Å². The molecule has 123 heavy (non-hydrogen) atoms. The lowest BCUT2D eigenvalue weighted by atomic mass is 9.81. The third kappa shape index (κ3) is 28.3. The number of pyridine rings is 2. The molecular formula is C99H104BBr6N11O6. The number of hydrogen-bond acceptors (Lipinski definition) is 11. The highest BCUT2D eigenvalue weighted by molar-refractivity contribution is 9.11. The van der Waals surface area contributed by atoms with Gasteiger partial charge in [0.05, 0.1) is 49.3 Å². The number of alkyl halides is 1. The molecule has 17 rings (SSSR count). The van der Waals surface area contributed by atoms with Gasteiger partial charge in [-0.15, -0.1) is 0 Å². The molecule has 0 saturated heterocycles. The molecule has 0 radical (unpaired) electrons. The number of carbonyl (C=O) groups excluding carboxylic acids is 1. The average Bonchev–Trinajstić information content (AvgIpc) is 1.60. The van der Waals surface area contributed by atoms with E-state index in [-0.39, 0.29) is 17.4 Å². The van der Waals surface area contributed by atoms with Crippen molar-refractivity contribution in [2.45, 2.75) is 117 Å². The van der Waals surface area contributed by atoms with Crippen LogP contribution in [0.3, 0.4) is 0 Å². The number of benzene rings is 10. The number of aryl methyl sites for hydroxylation is 11. The van der Waals surface area contributed by atoms with Gasteiger partial charge in [0.1, 0.15) is 23.1 Å². The minimum atomic E-state index is -1.34. The van der Waals surface area contributed by atoms with Crippen molar-refractivity contribution >= 4 is 163 Å². The molecule has 0 spiro atoms. The number of carbonyl (C=O) groups is 1. The van der Waals surface area contributed by atoms with Crippen LogP contribution >= 0.6 is 95.6 Å². The molecule has 0 aliphatic heterocycles. The molecule has 10 aromatic carbocycles. The Morgan fingerprint density at radius 3 is 1.29 bits per heavy atom. The van der Waals surface area contributed by atoms with Crippen molar-refractivity contribution in [1.29, 1.82) is 0 Å². The van der Waals surface area contributed by atoms with Crippen LogP contribution in [0.4, 0.5) is 5.69 Å². The van der Waals surface area contributed by atoms with E-state index in [4.69, 9.17) is 20.3 Å². The highest BCUT2D eigenvalue weighted by atomic mass is 79.9. The Bertz CT molecular complexity index is 5970. The van der Waals surface area contributed by atoms with Gasteiger partial charge >= 0.3 is 7.12 Å². The van der Waals surface area contributed by atoms with Crippen LogP contribution in [0.15, 0.2) is 283 Å². The summed E-state index contributed by atoms with van der Waals surface area (Å²) < 4.78 is 11.8. The fourth-order valence-electron chi connectivity index (χ4n) is 13.2. The molecular weight excluding hydrogens is 1930 g/mol. The van der Waals surface area contributed by atoms with Gasteiger partial charge in [-0.05, 0) is 271 Å². The first-order valence-corrected chi connectivity index (χ1v) is 44.9. The van der Waals surface area contributed by atoms with Crippen LogP contribution in [0.1, 0.15) is 101 Å². The second kappa shape index (κ2) is 48.6. The summed E-state index contributed by atoms with van der Waals surface area (Å²) in [5.41, 5.74) is 24.8. The second-order valence-corrected chi connectivity index (χ2v) is 34.2. The smallest absolute Gasteiger partial charge is 0.488 e. The van der Waals surface area contributed by atoms with Crippen LogP contribution in [0, 0.1) is 83.1 Å².